The summed E-state index contributed by atoms with van der Waals surface area (Å²) in [7, 11) is 0. The molecular weight excluding hydrogens is 262 g/mol. The van der Waals surface area contributed by atoms with Crippen molar-refractivity contribution in [2.75, 3.05) is 11.4 Å². The van der Waals surface area contributed by atoms with Crippen LogP contribution in [0.25, 0.3) is 6.08 Å². The molecule has 0 atom stereocenters. The number of rotatable bonds is 6. The Morgan fingerprint density at radius 3 is 2.62 bits per heavy atom. The summed E-state index contributed by atoms with van der Waals surface area (Å²) in [6.07, 6.45) is 8.01. The van der Waals surface area contributed by atoms with Gasteiger partial charge in [0.1, 0.15) is 0 Å². The van der Waals surface area contributed by atoms with E-state index in [0.29, 0.717) is 12.0 Å². The highest BCUT2D eigenvalue weighted by atomic mass is 16.4. The number of carboxylic acids is 1. The molecule has 1 aromatic rings. The van der Waals surface area contributed by atoms with Crippen LogP contribution in [0.5, 0.6) is 0 Å². The van der Waals surface area contributed by atoms with Crippen molar-refractivity contribution in [3.8, 4) is 0 Å². The maximum atomic E-state index is 10.8. The number of hydrogen-bond donors (Lipinski definition) is 1. The van der Waals surface area contributed by atoms with E-state index >= 15 is 0 Å². The molecule has 1 aliphatic carbocycles. The van der Waals surface area contributed by atoms with Gasteiger partial charge >= 0.3 is 5.97 Å². The number of anilines is 1. The molecule has 1 saturated carbocycles. The van der Waals surface area contributed by atoms with E-state index in [1.807, 2.05) is 18.2 Å². The molecule has 1 N–H and O–H groups in total. The van der Waals surface area contributed by atoms with Crippen molar-refractivity contribution < 1.29 is 9.90 Å². The monoisotopic (exact) mass is 287 g/mol. The van der Waals surface area contributed by atoms with Crippen molar-refractivity contribution in [2.24, 2.45) is 5.92 Å². The molecule has 114 valence electrons. The van der Waals surface area contributed by atoms with Gasteiger partial charge in [-0.15, -0.1) is 0 Å². The summed E-state index contributed by atoms with van der Waals surface area (Å²) in [6, 6.07) is 8.70. The lowest BCUT2D eigenvalue weighted by atomic mass is 10.1. The Bertz CT molecular complexity index is 502. The SMILES string of the molecule is CC(C)CN(c1ccccc1/C=C/C(=O)O)C1CCCC1. The Morgan fingerprint density at radius 2 is 2.00 bits per heavy atom. The molecular formula is C18H25NO2. The molecule has 3 heteroatoms. The number of benzene rings is 1. The van der Waals surface area contributed by atoms with Crippen molar-refractivity contribution in [1.82, 2.24) is 0 Å². The molecule has 0 aromatic heterocycles. The molecule has 21 heavy (non-hydrogen) atoms. The van der Waals surface area contributed by atoms with Crippen LogP contribution >= 0.6 is 0 Å². The van der Waals surface area contributed by atoms with Gasteiger partial charge in [0.15, 0.2) is 0 Å². The van der Waals surface area contributed by atoms with E-state index in [1.165, 1.54) is 31.8 Å². The fraction of sp³-hybridized carbons (Fsp3) is 0.500. The molecule has 3 nitrogen and oxygen atoms in total. The van der Waals surface area contributed by atoms with Crippen molar-refractivity contribution in [1.29, 1.82) is 0 Å². The zero-order chi connectivity index (χ0) is 15.2. The number of para-hydroxylation sites is 1. The van der Waals surface area contributed by atoms with Crippen LogP contribution in [0.4, 0.5) is 5.69 Å². The first kappa shape index (κ1) is 15.6. The maximum absolute atomic E-state index is 10.8. The highest BCUT2D eigenvalue weighted by Gasteiger charge is 2.24. The maximum Gasteiger partial charge on any atom is 0.328 e. The minimum atomic E-state index is -0.902. The van der Waals surface area contributed by atoms with Gasteiger partial charge in [-0.1, -0.05) is 44.9 Å². The standard InChI is InChI=1S/C18H25NO2/c1-14(2)13-19(16-8-4-5-9-16)17-10-6-3-7-15(17)11-12-18(20)21/h3,6-7,10-12,14,16H,4-5,8-9,13H2,1-2H3,(H,20,21)/b12-11+. The molecule has 0 spiro atoms. The smallest absolute Gasteiger partial charge is 0.328 e. The summed E-state index contributed by atoms with van der Waals surface area (Å²) in [4.78, 5) is 13.3. The first-order valence-corrected chi connectivity index (χ1v) is 7.84. The lowest BCUT2D eigenvalue weighted by molar-refractivity contribution is -0.131. The van der Waals surface area contributed by atoms with Crippen LogP contribution in [-0.2, 0) is 4.79 Å². The Morgan fingerprint density at radius 1 is 1.33 bits per heavy atom. The predicted octanol–water partition coefficient (Wildman–Crippen LogP) is 4.19. The lowest BCUT2D eigenvalue weighted by Crippen LogP contribution is -2.36. The van der Waals surface area contributed by atoms with Crippen molar-refractivity contribution >= 4 is 17.7 Å². The highest BCUT2D eigenvalue weighted by Crippen LogP contribution is 2.31. The molecule has 2 rings (SSSR count). The summed E-state index contributed by atoms with van der Waals surface area (Å²) in [5, 5.41) is 8.86. The lowest BCUT2D eigenvalue weighted by Gasteiger charge is -2.34. The second-order valence-electron chi connectivity index (χ2n) is 6.21. The highest BCUT2D eigenvalue weighted by molar-refractivity contribution is 5.87. The van der Waals surface area contributed by atoms with Crippen LogP contribution in [0, 0.1) is 5.92 Å². The minimum absolute atomic E-state index is 0.585. The zero-order valence-corrected chi connectivity index (χ0v) is 13.0. The van der Waals surface area contributed by atoms with Gasteiger partial charge in [0.2, 0.25) is 0 Å². The largest absolute Gasteiger partial charge is 0.478 e. The topological polar surface area (TPSA) is 40.5 Å². The van der Waals surface area contributed by atoms with Crippen molar-refractivity contribution in [3.63, 3.8) is 0 Å². The van der Waals surface area contributed by atoms with Gasteiger partial charge in [0.25, 0.3) is 0 Å². The Balaban J connectivity index is 2.32. The normalized spacial score (nSPS) is 16.0. The quantitative estimate of drug-likeness (QED) is 0.798. The van der Waals surface area contributed by atoms with E-state index in [1.54, 1.807) is 6.08 Å². The number of carboxylic acid groups (broad SMARTS) is 1. The van der Waals surface area contributed by atoms with Gasteiger partial charge in [-0.3, -0.25) is 0 Å². The average Bonchev–Trinajstić information content (AvgIpc) is 2.96. The fourth-order valence-electron chi connectivity index (χ4n) is 3.10. The first-order valence-electron chi connectivity index (χ1n) is 7.84. The third kappa shape index (κ3) is 4.35. The van der Waals surface area contributed by atoms with Gasteiger partial charge < -0.3 is 10.0 Å². The number of aliphatic carboxylic acids is 1. The first-order chi connectivity index (χ1) is 10.1. The second-order valence-corrected chi connectivity index (χ2v) is 6.21. The molecule has 0 saturated heterocycles. The van der Waals surface area contributed by atoms with Crippen molar-refractivity contribution in [3.05, 3.63) is 35.9 Å². The van der Waals surface area contributed by atoms with E-state index in [9.17, 15) is 4.79 Å². The van der Waals surface area contributed by atoms with Crippen LogP contribution in [-0.4, -0.2) is 23.7 Å². The molecule has 0 unspecified atom stereocenters. The number of hydrogen-bond acceptors (Lipinski definition) is 2. The predicted molar refractivity (Wildman–Crippen MR) is 87.6 cm³/mol. The molecule has 0 amide bonds. The summed E-state index contributed by atoms with van der Waals surface area (Å²) < 4.78 is 0. The minimum Gasteiger partial charge on any atom is -0.478 e. The molecule has 0 radical (unpaired) electrons. The van der Waals surface area contributed by atoms with Gasteiger partial charge in [-0.05, 0) is 36.5 Å². The van der Waals surface area contributed by atoms with Crippen LogP contribution in [0.15, 0.2) is 30.3 Å². The molecule has 1 fully saturated rings. The number of carbonyl (C=O) groups is 1. The van der Waals surface area contributed by atoms with Gasteiger partial charge in [0.05, 0.1) is 0 Å². The van der Waals surface area contributed by atoms with Crippen LogP contribution in [0.2, 0.25) is 0 Å². The Labute approximate surface area is 127 Å². The average molecular weight is 287 g/mol. The molecule has 0 bridgehead atoms. The third-order valence-electron chi connectivity index (χ3n) is 3.98. The van der Waals surface area contributed by atoms with Crippen molar-refractivity contribution in [2.45, 2.75) is 45.6 Å². The second kappa shape index (κ2) is 7.30. The van der Waals surface area contributed by atoms with E-state index in [2.05, 4.69) is 24.8 Å². The molecule has 0 heterocycles. The fourth-order valence-corrected chi connectivity index (χ4v) is 3.10. The van der Waals surface area contributed by atoms with Gasteiger partial charge in [-0.2, -0.15) is 0 Å². The Hall–Kier alpha value is -1.77. The number of nitrogens with zero attached hydrogens (tertiary/aromatic N) is 1. The molecule has 0 aliphatic heterocycles. The van der Waals surface area contributed by atoms with Crippen LogP contribution < -0.4 is 4.90 Å². The summed E-state index contributed by atoms with van der Waals surface area (Å²) in [5.41, 5.74) is 2.16. The summed E-state index contributed by atoms with van der Waals surface area (Å²) in [5.74, 6) is -0.316. The van der Waals surface area contributed by atoms with E-state index < -0.39 is 5.97 Å². The Kier molecular flexibility index (Phi) is 5.43. The van der Waals surface area contributed by atoms with Gasteiger partial charge in [-0.25, -0.2) is 4.79 Å². The zero-order valence-electron chi connectivity index (χ0n) is 13.0. The third-order valence-corrected chi connectivity index (χ3v) is 3.98. The van der Waals surface area contributed by atoms with E-state index in [0.717, 1.165) is 17.8 Å². The van der Waals surface area contributed by atoms with Crippen LogP contribution in [0.1, 0.15) is 45.1 Å². The van der Waals surface area contributed by atoms with E-state index in [4.69, 9.17) is 5.11 Å². The summed E-state index contributed by atoms with van der Waals surface area (Å²) >= 11 is 0. The molecule has 1 aliphatic rings. The van der Waals surface area contributed by atoms with Crippen LogP contribution in [0.3, 0.4) is 0 Å². The van der Waals surface area contributed by atoms with E-state index in [-0.39, 0.29) is 0 Å². The van der Waals surface area contributed by atoms with Gasteiger partial charge in [0, 0.05) is 24.4 Å². The molecule has 1 aromatic carbocycles. The summed E-state index contributed by atoms with van der Waals surface area (Å²) in [6.45, 7) is 5.48.